The number of halogens is 1. The van der Waals surface area contributed by atoms with Gasteiger partial charge in [0, 0.05) is 15.8 Å². The zero-order valence-electron chi connectivity index (χ0n) is 12.3. The summed E-state index contributed by atoms with van der Waals surface area (Å²) in [5, 5.41) is 5.58. The number of aromatic nitrogens is 1. The number of carbonyl (C=O) groups excluding carboxylic acids is 1. The van der Waals surface area contributed by atoms with Crippen LogP contribution >= 0.6 is 27.3 Å². The average molecular weight is 395 g/mol. The van der Waals surface area contributed by atoms with Gasteiger partial charge in [0.2, 0.25) is 5.91 Å². The number of rotatable bonds is 4. The molecule has 1 fully saturated rings. The number of anilines is 1. The molecule has 0 atom stereocenters. The number of benzene rings is 1. The highest BCUT2D eigenvalue weighted by atomic mass is 79.9. The lowest BCUT2D eigenvalue weighted by Gasteiger charge is -2.19. The lowest BCUT2D eigenvalue weighted by molar-refractivity contribution is -0.115. The van der Waals surface area contributed by atoms with Crippen molar-refractivity contribution in [2.24, 2.45) is 0 Å². The highest BCUT2D eigenvalue weighted by Crippen LogP contribution is 2.41. The van der Waals surface area contributed by atoms with Crippen molar-refractivity contribution in [2.45, 2.75) is 25.2 Å². The molecular weight excluding hydrogens is 380 g/mol. The first-order chi connectivity index (χ1) is 11.2. The third-order valence-corrected chi connectivity index (χ3v) is 5.34. The van der Waals surface area contributed by atoms with Crippen molar-refractivity contribution in [1.29, 1.82) is 0 Å². The van der Waals surface area contributed by atoms with E-state index >= 15 is 0 Å². The van der Waals surface area contributed by atoms with Crippen LogP contribution < -0.4 is 14.8 Å². The molecule has 0 radical (unpaired) electrons. The van der Waals surface area contributed by atoms with Gasteiger partial charge in [-0.25, -0.2) is 4.98 Å². The maximum absolute atomic E-state index is 12.3. The van der Waals surface area contributed by atoms with Crippen molar-refractivity contribution in [3.63, 3.8) is 0 Å². The van der Waals surface area contributed by atoms with Crippen LogP contribution in [0.1, 0.15) is 30.0 Å². The molecule has 120 valence electrons. The molecule has 0 unspecified atom stereocenters. The number of hydrogen-bond acceptors (Lipinski definition) is 5. The summed E-state index contributed by atoms with van der Waals surface area (Å²) in [6, 6.07) is 3.71. The molecule has 1 aliphatic carbocycles. The first kappa shape index (κ1) is 15.0. The van der Waals surface area contributed by atoms with Gasteiger partial charge in [0.25, 0.3) is 0 Å². The molecule has 1 saturated carbocycles. The SMILES string of the molecule is O=C(Cc1cc2c(cc1Br)OCCO2)Nc1nc(C2CC2)cs1. The Labute approximate surface area is 146 Å². The molecule has 2 aromatic rings. The van der Waals surface area contributed by atoms with Crippen LogP contribution in [0.15, 0.2) is 22.0 Å². The molecule has 0 spiro atoms. The van der Waals surface area contributed by atoms with E-state index in [1.807, 2.05) is 17.5 Å². The normalized spacial score (nSPS) is 16.2. The number of nitrogens with zero attached hydrogens (tertiary/aromatic N) is 1. The second kappa shape index (κ2) is 6.13. The van der Waals surface area contributed by atoms with E-state index in [-0.39, 0.29) is 12.3 Å². The standard InChI is InChI=1S/C16H15BrN2O3S/c17-11-7-14-13(21-3-4-22-14)5-10(11)6-15(20)19-16-18-12(8-23-16)9-1-2-9/h5,7-9H,1-4,6H2,(H,18,19,20). The Kier molecular flexibility index (Phi) is 3.98. The maximum Gasteiger partial charge on any atom is 0.230 e. The number of hydrogen-bond donors (Lipinski definition) is 1. The summed E-state index contributed by atoms with van der Waals surface area (Å²) >= 11 is 4.98. The molecule has 4 rings (SSSR count). The molecule has 1 aromatic carbocycles. The monoisotopic (exact) mass is 394 g/mol. The minimum atomic E-state index is -0.0842. The number of thiazole rings is 1. The smallest absolute Gasteiger partial charge is 0.230 e. The number of nitrogens with one attached hydrogen (secondary N) is 1. The molecule has 0 bridgehead atoms. The van der Waals surface area contributed by atoms with E-state index in [0.717, 1.165) is 15.7 Å². The van der Waals surface area contributed by atoms with Crippen LogP contribution in [0.2, 0.25) is 0 Å². The van der Waals surface area contributed by atoms with Crippen molar-refractivity contribution in [2.75, 3.05) is 18.5 Å². The fraction of sp³-hybridized carbons (Fsp3) is 0.375. The summed E-state index contributed by atoms with van der Waals surface area (Å²) in [7, 11) is 0. The van der Waals surface area contributed by atoms with E-state index in [9.17, 15) is 4.79 Å². The summed E-state index contributed by atoms with van der Waals surface area (Å²) < 4.78 is 11.9. The molecule has 1 N–H and O–H groups in total. The highest BCUT2D eigenvalue weighted by Gasteiger charge is 2.26. The van der Waals surface area contributed by atoms with Crippen LogP contribution in [0.4, 0.5) is 5.13 Å². The molecule has 1 aromatic heterocycles. The lowest BCUT2D eigenvalue weighted by atomic mass is 10.1. The summed E-state index contributed by atoms with van der Waals surface area (Å²) in [6.07, 6.45) is 2.68. The molecule has 2 aliphatic rings. The van der Waals surface area contributed by atoms with Crippen LogP contribution in [0, 0.1) is 0 Å². The van der Waals surface area contributed by atoms with Crippen LogP contribution in [0.5, 0.6) is 11.5 Å². The minimum Gasteiger partial charge on any atom is -0.486 e. The van der Waals surface area contributed by atoms with Gasteiger partial charge >= 0.3 is 0 Å². The van der Waals surface area contributed by atoms with Crippen molar-refractivity contribution < 1.29 is 14.3 Å². The molecular formula is C16H15BrN2O3S. The average Bonchev–Trinajstić information content (AvgIpc) is 3.28. The Morgan fingerprint density at radius 2 is 2.04 bits per heavy atom. The molecule has 1 aliphatic heterocycles. The van der Waals surface area contributed by atoms with Gasteiger partial charge in [0.15, 0.2) is 16.6 Å². The summed E-state index contributed by atoms with van der Waals surface area (Å²) in [5.74, 6) is 1.91. The first-order valence-corrected chi connectivity index (χ1v) is 9.19. The van der Waals surface area contributed by atoms with E-state index in [2.05, 4.69) is 26.2 Å². The second-order valence-corrected chi connectivity index (χ2v) is 7.38. The molecule has 7 heteroatoms. The largest absolute Gasteiger partial charge is 0.486 e. The van der Waals surface area contributed by atoms with Crippen molar-refractivity contribution in [3.05, 3.63) is 33.2 Å². The van der Waals surface area contributed by atoms with Crippen molar-refractivity contribution >= 4 is 38.3 Å². The van der Waals surface area contributed by atoms with Gasteiger partial charge in [-0.15, -0.1) is 11.3 Å². The number of carbonyl (C=O) groups is 1. The van der Waals surface area contributed by atoms with Crippen molar-refractivity contribution in [1.82, 2.24) is 4.98 Å². The van der Waals surface area contributed by atoms with Gasteiger partial charge in [-0.2, -0.15) is 0 Å². The zero-order valence-corrected chi connectivity index (χ0v) is 14.7. The van der Waals surface area contributed by atoms with Crippen molar-refractivity contribution in [3.8, 4) is 11.5 Å². The third-order valence-electron chi connectivity index (χ3n) is 3.83. The van der Waals surface area contributed by atoms with Gasteiger partial charge < -0.3 is 14.8 Å². The zero-order chi connectivity index (χ0) is 15.8. The second-order valence-electron chi connectivity index (χ2n) is 5.66. The van der Waals surface area contributed by atoms with Gasteiger partial charge in [-0.3, -0.25) is 4.79 Å². The third kappa shape index (κ3) is 3.35. The Morgan fingerprint density at radius 3 is 2.78 bits per heavy atom. The van der Waals surface area contributed by atoms with Gasteiger partial charge in [-0.05, 0) is 30.5 Å². The van der Waals surface area contributed by atoms with Crippen LogP contribution in [-0.4, -0.2) is 24.1 Å². The Hall–Kier alpha value is -1.60. The first-order valence-electron chi connectivity index (χ1n) is 7.52. The topological polar surface area (TPSA) is 60.5 Å². The van der Waals surface area contributed by atoms with E-state index in [0.29, 0.717) is 35.8 Å². The Morgan fingerprint density at radius 1 is 1.30 bits per heavy atom. The predicted molar refractivity (Wildman–Crippen MR) is 91.6 cm³/mol. The molecule has 5 nitrogen and oxygen atoms in total. The maximum atomic E-state index is 12.3. The van der Waals surface area contributed by atoms with E-state index < -0.39 is 0 Å². The van der Waals surface area contributed by atoms with Crippen LogP contribution in [-0.2, 0) is 11.2 Å². The van der Waals surface area contributed by atoms with Gasteiger partial charge in [-0.1, -0.05) is 15.9 Å². The summed E-state index contributed by atoms with van der Waals surface area (Å²) in [5.41, 5.74) is 1.97. The lowest BCUT2D eigenvalue weighted by Crippen LogP contribution is -2.17. The fourth-order valence-electron chi connectivity index (χ4n) is 2.49. The fourth-order valence-corrected chi connectivity index (χ4v) is 3.76. The molecule has 1 amide bonds. The van der Waals surface area contributed by atoms with E-state index in [1.165, 1.54) is 24.2 Å². The number of ether oxygens (including phenoxy) is 2. The molecule has 23 heavy (non-hydrogen) atoms. The summed E-state index contributed by atoms with van der Waals surface area (Å²) in [6.45, 7) is 1.08. The Balaban J connectivity index is 1.45. The van der Waals surface area contributed by atoms with Gasteiger partial charge in [0.05, 0.1) is 12.1 Å². The Bertz CT molecular complexity index is 758. The van der Waals surface area contributed by atoms with Crippen LogP contribution in [0.25, 0.3) is 0 Å². The number of fused-ring (bicyclic) bond motifs is 1. The van der Waals surface area contributed by atoms with Crippen LogP contribution in [0.3, 0.4) is 0 Å². The molecule has 0 saturated heterocycles. The van der Waals surface area contributed by atoms with E-state index in [4.69, 9.17) is 9.47 Å². The van der Waals surface area contributed by atoms with Gasteiger partial charge in [0.1, 0.15) is 13.2 Å². The molecule has 2 heterocycles. The minimum absolute atomic E-state index is 0.0842. The quantitative estimate of drug-likeness (QED) is 0.857. The predicted octanol–water partition coefficient (Wildman–Crippen LogP) is 3.74. The highest BCUT2D eigenvalue weighted by molar-refractivity contribution is 9.10. The number of amides is 1. The summed E-state index contributed by atoms with van der Waals surface area (Å²) in [4.78, 5) is 16.7. The van der Waals surface area contributed by atoms with E-state index in [1.54, 1.807) is 0 Å².